The van der Waals surface area contributed by atoms with Crippen LogP contribution in [0.2, 0.25) is 0 Å². The van der Waals surface area contributed by atoms with E-state index in [0.717, 1.165) is 43.1 Å². The molecule has 2 unspecified atom stereocenters. The van der Waals surface area contributed by atoms with E-state index in [-0.39, 0.29) is 5.92 Å². The number of hydrogen-bond donors (Lipinski definition) is 1. The molecule has 0 saturated carbocycles. The summed E-state index contributed by atoms with van der Waals surface area (Å²) in [5.41, 5.74) is 1.89. The maximum Gasteiger partial charge on any atom is 0.310 e. The highest BCUT2D eigenvalue weighted by Crippen LogP contribution is 2.18. The van der Waals surface area contributed by atoms with E-state index in [1.807, 2.05) is 24.3 Å². The molecule has 1 N–H and O–H groups in total. The Kier molecular flexibility index (Phi) is 6.26. The van der Waals surface area contributed by atoms with Crippen molar-refractivity contribution in [1.82, 2.24) is 0 Å². The molecule has 2 atom stereocenters. The van der Waals surface area contributed by atoms with Crippen LogP contribution in [-0.4, -0.2) is 17.4 Å². The molecule has 104 valence electrons. The smallest absolute Gasteiger partial charge is 0.310 e. The zero-order valence-electron chi connectivity index (χ0n) is 11.6. The van der Waals surface area contributed by atoms with Crippen LogP contribution >= 0.6 is 0 Å². The number of carbonyl (C=O) groups is 2. The lowest BCUT2D eigenvalue weighted by Gasteiger charge is -2.11. The van der Waals surface area contributed by atoms with Crippen LogP contribution in [0.4, 0.5) is 0 Å². The van der Waals surface area contributed by atoms with Crippen molar-refractivity contribution in [3.8, 4) is 0 Å². The molecule has 0 aliphatic rings. The predicted molar refractivity (Wildman–Crippen MR) is 75.3 cm³/mol. The van der Waals surface area contributed by atoms with E-state index in [0.29, 0.717) is 0 Å². The number of hydrogen-bond acceptors (Lipinski definition) is 2. The second-order valence-corrected chi connectivity index (χ2v) is 5.04. The van der Waals surface area contributed by atoms with Crippen molar-refractivity contribution >= 4 is 12.3 Å². The number of benzene rings is 1. The van der Waals surface area contributed by atoms with E-state index in [4.69, 9.17) is 5.11 Å². The van der Waals surface area contributed by atoms with Crippen molar-refractivity contribution in [1.29, 1.82) is 0 Å². The topological polar surface area (TPSA) is 54.4 Å². The van der Waals surface area contributed by atoms with Gasteiger partial charge in [0.15, 0.2) is 0 Å². The van der Waals surface area contributed by atoms with Gasteiger partial charge in [0.1, 0.15) is 6.29 Å². The third-order valence-corrected chi connectivity index (χ3v) is 3.47. The molecule has 1 aromatic carbocycles. The fourth-order valence-corrected chi connectivity index (χ4v) is 2.07. The molecule has 3 heteroatoms. The highest BCUT2D eigenvalue weighted by Gasteiger charge is 2.14. The van der Waals surface area contributed by atoms with Crippen LogP contribution in [0, 0.1) is 5.92 Å². The van der Waals surface area contributed by atoms with Crippen LogP contribution in [0.25, 0.3) is 0 Å². The third-order valence-electron chi connectivity index (χ3n) is 3.47. The van der Waals surface area contributed by atoms with Crippen molar-refractivity contribution in [3.05, 3.63) is 35.4 Å². The molecule has 0 fully saturated rings. The van der Waals surface area contributed by atoms with Crippen LogP contribution in [0.3, 0.4) is 0 Å². The maximum atomic E-state index is 11.0. The minimum atomic E-state index is -0.818. The minimum Gasteiger partial charge on any atom is -0.481 e. The lowest BCUT2D eigenvalue weighted by atomic mass is 9.93. The second-order valence-electron chi connectivity index (χ2n) is 5.04. The predicted octanol–water partition coefficient (Wildman–Crippen LogP) is 3.42. The zero-order chi connectivity index (χ0) is 14.3. The molecular formula is C16H22O3. The van der Waals surface area contributed by atoms with Crippen molar-refractivity contribution in [3.63, 3.8) is 0 Å². The summed E-state index contributed by atoms with van der Waals surface area (Å²) in [6, 6.07) is 7.54. The fourth-order valence-electron chi connectivity index (χ4n) is 2.07. The van der Waals surface area contributed by atoms with Crippen LogP contribution in [0.1, 0.15) is 50.2 Å². The lowest BCUT2D eigenvalue weighted by molar-refractivity contribution is -0.138. The van der Waals surface area contributed by atoms with Crippen molar-refractivity contribution < 1.29 is 14.7 Å². The molecule has 0 amide bonds. The van der Waals surface area contributed by atoms with Crippen LogP contribution < -0.4 is 0 Å². The first-order valence-electron chi connectivity index (χ1n) is 6.85. The Morgan fingerprint density at radius 3 is 2.42 bits per heavy atom. The van der Waals surface area contributed by atoms with Gasteiger partial charge in [-0.1, -0.05) is 44.0 Å². The minimum absolute atomic E-state index is 0.0719. The van der Waals surface area contributed by atoms with E-state index in [9.17, 15) is 9.59 Å². The molecule has 3 nitrogen and oxygen atoms in total. The summed E-state index contributed by atoms with van der Waals surface area (Å²) in [6.07, 6.45) is 4.86. The molecule has 1 rings (SSSR count). The van der Waals surface area contributed by atoms with Gasteiger partial charge in [-0.3, -0.25) is 4.79 Å². The Labute approximate surface area is 114 Å². The summed E-state index contributed by atoms with van der Waals surface area (Å²) < 4.78 is 0. The maximum absolute atomic E-state index is 11.0. The number of carbonyl (C=O) groups excluding carboxylic acids is 1. The Morgan fingerprint density at radius 2 is 1.95 bits per heavy atom. The number of carboxylic acids is 1. The zero-order valence-corrected chi connectivity index (χ0v) is 11.6. The van der Waals surface area contributed by atoms with E-state index >= 15 is 0 Å². The Bertz CT molecular complexity index is 409. The average molecular weight is 262 g/mol. The molecular weight excluding hydrogens is 240 g/mol. The molecule has 0 saturated heterocycles. The number of rotatable bonds is 8. The Balaban J connectivity index is 2.65. The summed E-state index contributed by atoms with van der Waals surface area (Å²) in [7, 11) is 0. The molecule has 1 aromatic rings. The van der Waals surface area contributed by atoms with Gasteiger partial charge in [0.25, 0.3) is 0 Å². The molecule has 0 spiro atoms. The highest BCUT2D eigenvalue weighted by atomic mass is 16.4. The van der Waals surface area contributed by atoms with Gasteiger partial charge in [-0.25, -0.2) is 0 Å². The van der Waals surface area contributed by atoms with E-state index in [1.165, 1.54) is 0 Å². The van der Waals surface area contributed by atoms with Gasteiger partial charge >= 0.3 is 5.97 Å². The van der Waals surface area contributed by atoms with E-state index in [1.54, 1.807) is 6.92 Å². The largest absolute Gasteiger partial charge is 0.481 e. The molecule has 0 radical (unpaired) electrons. The summed E-state index contributed by atoms with van der Waals surface area (Å²) >= 11 is 0. The molecule has 0 aromatic heterocycles. The van der Waals surface area contributed by atoms with Gasteiger partial charge in [-0.2, -0.15) is 0 Å². The first-order chi connectivity index (χ1) is 9.08. The average Bonchev–Trinajstić information content (AvgIpc) is 2.43. The number of aldehydes is 1. The van der Waals surface area contributed by atoms with E-state index in [2.05, 4.69) is 6.92 Å². The summed E-state index contributed by atoms with van der Waals surface area (Å²) in [5.74, 6) is -1.24. The van der Waals surface area contributed by atoms with Crippen LogP contribution in [0.5, 0.6) is 0 Å². The first-order valence-corrected chi connectivity index (χ1v) is 6.85. The fraction of sp³-hybridized carbons (Fsp3) is 0.500. The van der Waals surface area contributed by atoms with Gasteiger partial charge in [-0.15, -0.1) is 0 Å². The van der Waals surface area contributed by atoms with Gasteiger partial charge in [0.05, 0.1) is 5.92 Å². The normalized spacial score (nSPS) is 13.8. The molecule has 0 heterocycles. The van der Waals surface area contributed by atoms with Crippen LogP contribution in [-0.2, 0) is 16.0 Å². The SMILES string of the molecule is CCCCC(C=O)Cc1ccc(C(C)C(=O)O)cc1. The molecule has 19 heavy (non-hydrogen) atoms. The van der Waals surface area contributed by atoms with Gasteiger partial charge < -0.3 is 9.90 Å². The quantitative estimate of drug-likeness (QED) is 0.730. The number of aliphatic carboxylic acids is 1. The summed E-state index contributed by atoms with van der Waals surface area (Å²) in [5, 5.41) is 8.94. The highest BCUT2D eigenvalue weighted by molar-refractivity contribution is 5.75. The second kappa shape index (κ2) is 7.72. The van der Waals surface area contributed by atoms with Gasteiger partial charge in [0, 0.05) is 5.92 Å². The molecule has 0 bridgehead atoms. The first kappa shape index (κ1) is 15.4. The van der Waals surface area contributed by atoms with Crippen molar-refractivity contribution in [2.45, 2.75) is 45.4 Å². The standard InChI is InChI=1S/C16H22O3/c1-3-4-5-14(11-17)10-13-6-8-15(9-7-13)12(2)16(18)19/h6-9,11-12,14H,3-5,10H2,1-2H3,(H,18,19). The van der Waals surface area contributed by atoms with Crippen molar-refractivity contribution in [2.75, 3.05) is 0 Å². The number of unbranched alkanes of at least 4 members (excludes halogenated alkanes) is 1. The molecule has 0 aliphatic heterocycles. The van der Waals surface area contributed by atoms with Crippen LogP contribution in [0.15, 0.2) is 24.3 Å². The summed E-state index contributed by atoms with van der Waals surface area (Å²) in [6.45, 7) is 3.79. The number of carboxylic acid groups (broad SMARTS) is 1. The van der Waals surface area contributed by atoms with Gasteiger partial charge in [0.2, 0.25) is 0 Å². The van der Waals surface area contributed by atoms with Crippen molar-refractivity contribution in [2.24, 2.45) is 5.92 Å². The Morgan fingerprint density at radius 1 is 1.32 bits per heavy atom. The lowest BCUT2D eigenvalue weighted by Crippen LogP contribution is -2.08. The Hall–Kier alpha value is -1.64. The van der Waals surface area contributed by atoms with E-state index < -0.39 is 11.9 Å². The summed E-state index contributed by atoms with van der Waals surface area (Å²) in [4.78, 5) is 21.9. The monoisotopic (exact) mass is 262 g/mol. The molecule has 0 aliphatic carbocycles. The third kappa shape index (κ3) is 4.86. The van der Waals surface area contributed by atoms with Gasteiger partial charge in [-0.05, 0) is 30.9 Å².